The summed E-state index contributed by atoms with van der Waals surface area (Å²) in [4.78, 5) is 26.5. The zero-order chi connectivity index (χ0) is 17.9. The average molecular weight is 351 g/mol. The molecular formula is C20H21N3O3. The Labute approximate surface area is 152 Å². The molecule has 134 valence electrons. The molecule has 6 heteroatoms. The van der Waals surface area contributed by atoms with Crippen LogP contribution >= 0.6 is 0 Å². The maximum absolute atomic E-state index is 13.1. The minimum atomic E-state index is -0.465. The summed E-state index contributed by atoms with van der Waals surface area (Å²) in [7, 11) is 0. The van der Waals surface area contributed by atoms with Crippen molar-refractivity contribution < 1.29 is 14.3 Å². The molecule has 2 amide bonds. The highest BCUT2D eigenvalue weighted by molar-refractivity contribution is 5.96. The molecule has 2 aliphatic rings. The Bertz CT molecular complexity index is 816. The highest BCUT2D eigenvalue weighted by Crippen LogP contribution is 2.32. The smallest absolute Gasteiger partial charge is 0.262 e. The topological polar surface area (TPSA) is 70.7 Å². The number of carbonyl (C=O) groups is 2. The molecule has 0 aliphatic carbocycles. The van der Waals surface area contributed by atoms with Gasteiger partial charge in [-0.1, -0.05) is 30.3 Å². The van der Waals surface area contributed by atoms with Crippen molar-refractivity contribution in [2.45, 2.75) is 18.9 Å². The van der Waals surface area contributed by atoms with E-state index in [9.17, 15) is 9.59 Å². The Morgan fingerprint density at radius 3 is 2.65 bits per heavy atom. The number of nitrogens with one attached hydrogen (secondary N) is 2. The van der Waals surface area contributed by atoms with Gasteiger partial charge in [-0.25, -0.2) is 0 Å². The lowest BCUT2D eigenvalue weighted by Crippen LogP contribution is -2.36. The van der Waals surface area contributed by atoms with Gasteiger partial charge in [-0.3, -0.25) is 9.59 Å². The molecule has 0 radical (unpaired) electrons. The van der Waals surface area contributed by atoms with E-state index in [1.165, 1.54) is 0 Å². The molecule has 4 rings (SSSR count). The van der Waals surface area contributed by atoms with E-state index in [0.717, 1.165) is 37.2 Å². The number of rotatable bonds is 4. The van der Waals surface area contributed by atoms with Crippen LogP contribution in [0.5, 0.6) is 5.75 Å². The largest absolute Gasteiger partial charge is 0.482 e. The lowest BCUT2D eigenvalue weighted by atomic mass is 10.0. The Hall–Kier alpha value is -3.02. The number of carbonyl (C=O) groups excluding carboxylic acids is 2. The number of anilines is 2. The lowest BCUT2D eigenvalue weighted by molar-refractivity contribution is -0.131. The van der Waals surface area contributed by atoms with Crippen LogP contribution in [0.15, 0.2) is 48.5 Å². The minimum absolute atomic E-state index is 0.0276. The van der Waals surface area contributed by atoms with Crippen molar-refractivity contribution in [3.63, 3.8) is 0 Å². The van der Waals surface area contributed by atoms with Gasteiger partial charge in [0.05, 0.1) is 5.69 Å². The summed E-state index contributed by atoms with van der Waals surface area (Å²) in [5, 5.41) is 6.14. The molecule has 0 bridgehead atoms. The van der Waals surface area contributed by atoms with E-state index in [1.54, 1.807) is 12.1 Å². The predicted molar refractivity (Wildman–Crippen MR) is 99.2 cm³/mol. The number of hydrogen-bond acceptors (Lipinski definition) is 4. The second-order valence-corrected chi connectivity index (χ2v) is 6.57. The van der Waals surface area contributed by atoms with E-state index in [0.29, 0.717) is 11.4 Å². The molecule has 2 aromatic rings. The van der Waals surface area contributed by atoms with Crippen LogP contribution in [-0.2, 0) is 9.59 Å². The van der Waals surface area contributed by atoms with Crippen LogP contribution in [0.25, 0.3) is 0 Å². The standard InChI is InChI=1S/C20H21N3O3/c24-18-13-26-17-9-8-15(12-16(17)22-18)21-19(14-6-2-1-3-7-14)20(25)23-10-4-5-11-23/h1-3,6-9,12,19,21H,4-5,10-11,13H2,(H,22,24). The molecule has 0 aromatic heterocycles. The quantitative estimate of drug-likeness (QED) is 0.889. The number of hydrogen-bond donors (Lipinski definition) is 2. The monoisotopic (exact) mass is 351 g/mol. The maximum atomic E-state index is 13.1. The lowest BCUT2D eigenvalue weighted by Gasteiger charge is -2.26. The highest BCUT2D eigenvalue weighted by Gasteiger charge is 2.28. The zero-order valence-corrected chi connectivity index (χ0v) is 14.4. The fourth-order valence-electron chi connectivity index (χ4n) is 3.39. The molecule has 6 nitrogen and oxygen atoms in total. The van der Waals surface area contributed by atoms with E-state index >= 15 is 0 Å². The first-order valence-electron chi connectivity index (χ1n) is 8.88. The summed E-state index contributed by atoms with van der Waals surface area (Å²) in [6.07, 6.45) is 2.10. The number of fused-ring (bicyclic) bond motifs is 1. The third-order valence-electron chi connectivity index (χ3n) is 4.72. The fraction of sp³-hybridized carbons (Fsp3) is 0.300. The molecule has 2 aromatic carbocycles. The molecule has 2 aliphatic heterocycles. The third-order valence-corrected chi connectivity index (χ3v) is 4.72. The summed E-state index contributed by atoms with van der Waals surface area (Å²) in [6, 6.07) is 14.7. The molecule has 1 fully saturated rings. The van der Waals surface area contributed by atoms with Gasteiger partial charge in [0, 0.05) is 18.8 Å². The molecule has 0 saturated carbocycles. The van der Waals surface area contributed by atoms with Crippen molar-refractivity contribution in [2.24, 2.45) is 0 Å². The number of amides is 2. The SMILES string of the molecule is O=C1COc2ccc(NC(C(=O)N3CCCC3)c3ccccc3)cc2N1. The number of benzene rings is 2. The van der Waals surface area contributed by atoms with Gasteiger partial charge in [-0.05, 0) is 36.6 Å². The van der Waals surface area contributed by atoms with Crippen molar-refractivity contribution in [3.05, 3.63) is 54.1 Å². The first-order valence-corrected chi connectivity index (χ1v) is 8.88. The minimum Gasteiger partial charge on any atom is -0.482 e. The van der Waals surface area contributed by atoms with Crippen molar-refractivity contribution in [1.82, 2.24) is 4.90 Å². The molecule has 2 N–H and O–H groups in total. The van der Waals surface area contributed by atoms with Gasteiger partial charge < -0.3 is 20.3 Å². The number of ether oxygens (including phenoxy) is 1. The van der Waals surface area contributed by atoms with E-state index < -0.39 is 6.04 Å². The number of likely N-dealkylation sites (tertiary alicyclic amines) is 1. The van der Waals surface area contributed by atoms with Crippen molar-refractivity contribution in [3.8, 4) is 5.75 Å². The fourth-order valence-corrected chi connectivity index (χ4v) is 3.39. The second kappa shape index (κ2) is 7.07. The predicted octanol–water partition coefficient (Wildman–Crippen LogP) is 2.79. The van der Waals surface area contributed by atoms with Crippen LogP contribution in [0.2, 0.25) is 0 Å². The highest BCUT2D eigenvalue weighted by atomic mass is 16.5. The average Bonchev–Trinajstić information content (AvgIpc) is 3.21. The third kappa shape index (κ3) is 3.35. The van der Waals surface area contributed by atoms with Crippen molar-refractivity contribution in [2.75, 3.05) is 30.3 Å². The van der Waals surface area contributed by atoms with Crippen LogP contribution in [0.1, 0.15) is 24.4 Å². The van der Waals surface area contributed by atoms with E-state index in [1.807, 2.05) is 41.3 Å². The van der Waals surface area contributed by atoms with Crippen LogP contribution in [-0.4, -0.2) is 36.4 Å². The van der Waals surface area contributed by atoms with Gasteiger partial charge in [-0.2, -0.15) is 0 Å². The Morgan fingerprint density at radius 1 is 1.12 bits per heavy atom. The molecule has 1 saturated heterocycles. The van der Waals surface area contributed by atoms with Crippen LogP contribution in [0.3, 0.4) is 0 Å². The maximum Gasteiger partial charge on any atom is 0.262 e. The molecule has 0 spiro atoms. The molecule has 26 heavy (non-hydrogen) atoms. The van der Waals surface area contributed by atoms with E-state index in [-0.39, 0.29) is 18.4 Å². The Balaban J connectivity index is 1.61. The first-order chi connectivity index (χ1) is 12.7. The summed E-state index contributed by atoms with van der Waals surface area (Å²) in [5.74, 6) is 0.534. The summed E-state index contributed by atoms with van der Waals surface area (Å²) in [6.45, 7) is 1.63. The zero-order valence-electron chi connectivity index (χ0n) is 14.4. The second-order valence-electron chi connectivity index (χ2n) is 6.57. The molecule has 2 heterocycles. The van der Waals surface area contributed by atoms with E-state index in [4.69, 9.17) is 4.74 Å². The molecule has 1 atom stereocenters. The summed E-state index contributed by atoms with van der Waals surface area (Å²) in [5.41, 5.74) is 2.30. The van der Waals surface area contributed by atoms with Gasteiger partial charge in [-0.15, -0.1) is 0 Å². The van der Waals surface area contributed by atoms with Gasteiger partial charge >= 0.3 is 0 Å². The first kappa shape index (κ1) is 16.4. The Kier molecular flexibility index (Phi) is 4.48. The molecule has 1 unspecified atom stereocenters. The van der Waals surface area contributed by atoms with Gasteiger partial charge in [0.25, 0.3) is 5.91 Å². The van der Waals surface area contributed by atoms with Gasteiger partial charge in [0.15, 0.2) is 6.61 Å². The van der Waals surface area contributed by atoms with Gasteiger partial charge in [0.2, 0.25) is 5.91 Å². The molecular weight excluding hydrogens is 330 g/mol. The van der Waals surface area contributed by atoms with Crippen molar-refractivity contribution in [1.29, 1.82) is 0 Å². The van der Waals surface area contributed by atoms with Crippen LogP contribution < -0.4 is 15.4 Å². The van der Waals surface area contributed by atoms with E-state index in [2.05, 4.69) is 10.6 Å². The van der Waals surface area contributed by atoms with Crippen molar-refractivity contribution >= 4 is 23.2 Å². The Morgan fingerprint density at radius 2 is 1.88 bits per heavy atom. The normalized spacial score (nSPS) is 17.1. The van der Waals surface area contributed by atoms with Crippen LogP contribution in [0, 0.1) is 0 Å². The number of nitrogens with zero attached hydrogens (tertiary/aromatic N) is 1. The summed E-state index contributed by atoms with van der Waals surface area (Å²) < 4.78 is 5.39. The van der Waals surface area contributed by atoms with Gasteiger partial charge in [0.1, 0.15) is 11.8 Å². The van der Waals surface area contributed by atoms with Crippen LogP contribution in [0.4, 0.5) is 11.4 Å². The summed E-state index contributed by atoms with van der Waals surface area (Å²) >= 11 is 0.